The van der Waals surface area contributed by atoms with Crippen LogP contribution in [0.3, 0.4) is 0 Å². The standard InChI is InChI=1S/C19H26N4O2S/c1-12(2)9-10-23-15-16(22(4)18(25)21-17(15)24)20-19(23)26-11-14-7-5-13(3)6-8-14/h5-8,12,15-16H,9-11H2,1-4H3,(H,21,24,25). The molecule has 6 nitrogen and oxygen atoms in total. The fourth-order valence-corrected chi connectivity index (χ4v) is 4.13. The van der Waals surface area contributed by atoms with Crippen LogP contribution in [-0.4, -0.2) is 52.7 Å². The van der Waals surface area contributed by atoms with Gasteiger partial charge in [-0.3, -0.25) is 10.1 Å². The first-order valence-electron chi connectivity index (χ1n) is 8.97. The highest BCUT2D eigenvalue weighted by Gasteiger charge is 2.48. The van der Waals surface area contributed by atoms with Crippen LogP contribution in [-0.2, 0) is 10.5 Å². The van der Waals surface area contributed by atoms with Crippen LogP contribution in [0.1, 0.15) is 31.4 Å². The van der Waals surface area contributed by atoms with E-state index in [-0.39, 0.29) is 11.9 Å². The van der Waals surface area contributed by atoms with Gasteiger partial charge in [-0.15, -0.1) is 0 Å². The number of urea groups is 1. The highest BCUT2D eigenvalue weighted by atomic mass is 32.2. The maximum atomic E-state index is 12.5. The second-order valence-electron chi connectivity index (χ2n) is 7.33. The molecule has 0 saturated carbocycles. The molecule has 26 heavy (non-hydrogen) atoms. The quantitative estimate of drug-likeness (QED) is 0.861. The first-order chi connectivity index (χ1) is 12.4. The molecule has 0 bridgehead atoms. The van der Waals surface area contributed by atoms with E-state index in [1.54, 1.807) is 18.8 Å². The van der Waals surface area contributed by atoms with Crippen molar-refractivity contribution < 1.29 is 9.59 Å². The van der Waals surface area contributed by atoms with Crippen LogP contribution in [0.4, 0.5) is 4.79 Å². The van der Waals surface area contributed by atoms with Gasteiger partial charge in [-0.25, -0.2) is 9.79 Å². The minimum Gasteiger partial charge on any atom is -0.336 e. The number of thioether (sulfide) groups is 1. The van der Waals surface area contributed by atoms with E-state index in [1.807, 2.05) is 0 Å². The van der Waals surface area contributed by atoms with Gasteiger partial charge < -0.3 is 9.80 Å². The number of nitrogens with one attached hydrogen (secondary N) is 1. The van der Waals surface area contributed by atoms with Crippen LogP contribution in [0.5, 0.6) is 0 Å². The van der Waals surface area contributed by atoms with Crippen LogP contribution >= 0.6 is 11.8 Å². The molecule has 1 saturated heterocycles. The van der Waals surface area contributed by atoms with E-state index < -0.39 is 12.2 Å². The Morgan fingerprint density at radius 1 is 1.23 bits per heavy atom. The fourth-order valence-electron chi connectivity index (χ4n) is 3.09. The van der Waals surface area contributed by atoms with Gasteiger partial charge in [0.1, 0.15) is 0 Å². The van der Waals surface area contributed by atoms with Gasteiger partial charge in [-0.1, -0.05) is 55.4 Å². The Bertz CT molecular complexity index is 717. The number of carbonyl (C=O) groups excluding carboxylic acids is 2. The summed E-state index contributed by atoms with van der Waals surface area (Å²) in [5.74, 6) is 1.07. The second kappa shape index (κ2) is 7.70. The zero-order valence-corrected chi connectivity index (χ0v) is 16.5. The molecule has 0 radical (unpaired) electrons. The third-order valence-corrected chi connectivity index (χ3v) is 5.83. The predicted octanol–water partition coefficient (Wildman–Crippen LogP) is 2.82. The van der Waals surface area contributed by atoms with Gasteiger partial charge in [0.05, 0.1) is 0 Å². The lowest BCUT2D eigenvalue weighted by atomic mass is 10.1. The molecule has 2 atom stereocenters. The van der Waals surface area contributed by atoms with Crippen molar-refractivity contribution in [2.24, 2.45) is 10.9 Å². The zero-order valence-electron chi connectivity index (χ0n) is 15.7. The second-order valence-corrected chi connectivity index (χ2v) is 8.27. The molecule has 1 aromatic rings. The molecule has 2 heterocycles. The summed E-state index contributed by atoms with van der Waals surface area (Å²) in [6.07, 6.45) is 0.530. The number of carbonyl (C=O) groups is 2. The van der Waals surface area contributed by atoms with Gasteiger partial charge in [0.15, 0.2) is 17.4 Å². The first-order valence-corrected chi connectivity index (χ1v) is 9.96. The highest BCUT2D eigenvalue weighted by Crippen LogP contribution is 2.30. The topological polar surface area (TPSA) is 65.0 Å². The number of rotatable bonds is 5. The Kier molecular flexibility index (Phi) is 5.55. The number of amides is 3. The largest absolute Gasteiger partial charge is 0.336 e. The summed E-state index contributed by atoms with van der Waals surface area (Å²) in [6.45, 7) is 7.16. The molecule has 0 aliphatic carbocycles. The number of hydrogen-bond acceptors (Lipinski definition) is 5. The van der Waals surface area contributed by atoms with Crippen molar-refractivity contribution >= 4 is 28.9 Å². The molecule has 1 fully saturated rings. The number of amidine groups is 1. The van der Waals surface area contributed by atoms with Crippen LogP contribution in [0.2, 0.25) is 0 Å². The molecule has 3 rings (SSSR count). The lowest BCUT2D eigenvalue weighted by Crippen LogP contribution is -2.63. The monoisotopic (exact) mass is 374 g/mol. The van der Waals surface area contributed by atoms with Crippen molar-refractivity contribution in [3.05, 3.63) is 35.4 Å². The van der Waals surface area contributed by atoms with Crippen LogP contribution in [0, 0.1) is 12.8 Å². The molecule has 2 aliphatic heterocycles. The normalized spacial score (nSPS) is 22.6. The number of aliphatic imine (C=N–C) groups is 1. The molecule has 2 aliphatic rings. The SMILES string of the molecule is Cc1ccc(CSC2=NC3C(C(=O)NC(=O)N3C)N2CCC(C)C)cc1. The lowest BCUT2D eigenvalue weighted by molar-refractivity contribution is -0.127. The van der Waals surface area contributed by atoms with E-state index in [1.165, 1.54) is 16.0 Å². The molecule has 7 heteroatoms. The van der Waals surface area contributed by atoms with E-state index in [2.05, 4.69) is 55.3 Å². The van der Waals surface area contributed by atoms with Crippen molar-refractivity contribution in [3.8, 4) is 0 Å². The minimum absolute atomic E-state index is 0.253. The van der Waals surface area contributed by atoms with Crippen LogP contribution < -0.4 is 5.32 Å². The number of fused-ring (bicyclic) bond motifs is 1. The predicted molar refractivity (Wildman–Crippen MR) is 105 cm³/mol. The van der Waals surface area contributed by atoms with Gasteiger partial charge in [0.25, 0.3) is 5.91 Å². The van der Waals surface area contributed by atoms with Crippen molar-refractivity contribution in [2.45, 2.75) is 45.2 Å². The number of nitrogens with zero attached hydrogens (tertiary/aromatic N) is 3. The van der Waals surface area contributed by atoms with Gasteiger partial charge in [0, 0.05) is 19.3 Å². The molecular weight excluding hydrogens is 348 g/mol. The van der Waals surface area contributed by atoms with Crippen molar-refractivity contribution in [1.82, 2.24) is 15.1 Å². The summed E-state index contributed by atoms with van der Waals surface area (Å²) in [6, 6.07) is 7.62. The minimum atomic E-state index is -0.441. The van der Waals surface area contributed by atoms with E-state index in [4.69, 9.17) is 4.99 Å². The highest BCUT2D eigenvalue weighted by molar-refractivity contribution is 8.13. The van der Waals surface area contributed by atoms with Gasteiger partial charge >= 0.3 is 6.03 Å². The summed E-state index contributed by atoms with van der Waals surface area (Å²) in [5, 5.41) is 3.29. The number of imide groups is 1. The smallest absolute Gasteiger partial charge is 0.325 e. The summed E-state index contributed by atoms with van der Waals surface area (Å²) in [5.41, 5.74) is 2.45. The van der Waals surface area contributed by atoms with Crippen molar-refractivity contribution in [1.29, 1.82) is 0 Å². The van der Waals surface area contributed by atoms with E-state index in [0.717, 1.165) is 23.9 Å². The number of aryl methyl sites for hydroxylation is 1. The Balaban J connectivity index is 1.78. The average molecular weight is 375 g/mol. The maximum Gasteiger partial charge on any atom is 0.325 e. The van der Waals surface area contributed by atoms with Crippen molar-refractivity contribution in [3.63, 3.8) is 0 Å². The number of hydrogen-bond donors (Lipinski definition) is 1. The third kappa shape index (κ3) is 3.87. The molecule has 0 aromatic heterocycles. The van der Waals surface area contributed by atoms with E-state index in [0.29, 0.717) is 5.92 Å². The lowest BCUT2D eigenvalue weighted by Gasteiger charge is -2.36. The summed E-state index contributed by atoms with van der Waals surface area (Å²) in [7, 11) is 1.69. The molecular formula is C19H26N4O2S. The molecule has 1 N–H and O–H groups in total. The van der Waals surface area contributed by atoms with Crippen LogP contribution in [0.25, 0.3) is 0 Å². The Morgan fingerprint density at radius 2 is 1.92 bits per heavy atom. The number of likely N-dealkylation sites (N-methyl/N-ethyl adjacent to an activating group) is 1. The molecule has 140 valence electrons. The fraction of sp³-hybridized carbons (Fsp3) is 0.526. The summed E-state index contributed by atoms with van der Waals surface area (Å²) in [4.78, 5) is 32.7. The first kappa shape index (κ1) is 18.8. The Morgan fingerprint density at radius 3 is 2.58 bits per heavy atom. The van der Waals surface area contributed by atoms with Crippen molar-refractivity contribution in [2.75, 3.05) is 13.6 Å². The van der Waals surface area contributed by atoms with Gasteiger partial charge in [-0.05, 0) is 24.8 Å². The Hall–Kier alpha value is -2.02. The molecule has 2 unspecified atom stereocenters. The summed E-state index contributed by atoms with van der Waals surface area (Å²) >= 11 is 1.63. The third-order valence-electron chi connectivity index (χ3n) is 4.76. The van der Waals surface area contributed by atoms with E-state index in [9.17, 15) is 9.59 Å². The zero-order chi connectivity index (χ0) is 18.8. The summed E-state index contributed by atoms with van der Waals surface area (Å²) < 4.78 is 0. The average Bonchev–Trinajstić information content (AvgIpc) is 2.96. The maximum absolute atomic E-state index is 12.5. The van der Waals surface area contributed by atoms with E-state index >= 15 is 0 Å². The van der Waals surface area contributed by atoms with Gasteiger partial charge in [-0.2, -0.15) is 0 Å². The molecule has 1 aromatic carbocycles. The Labute approximate surface area is 159 Å². The molecule has 3 amide bonds. The molecule has 0 spiro atoms. The van der Waals surface area contributed by atoms with Gasteiger partial charge in [0.2, 0.25) is 0 Å². The number of benzene rings is 1. The van der Waals surface area contributed by atoms with Crippen LogP contribution in [0.15, 0.2) is 29.3 Å².